The van der Waals surface area contributed by atoms with Crippen LogP contribution in [0.15, 0.2) is 47.4 Å². The number of nitrogens with one attached hydrogen (secondary N) is 2. The highest BCUT2D eigenvalue weighted by Crippen LogP contribution is 2.19. The number of benzene rings is 2. The number of hydrogen-bond acceptors (Lipinski definition) is 4. The van der Waals surface area contributed by atoms with Crippen molar-refractivity contribution in [1.82, 2.24) is 10.0 Å². The normalized spacial score (nSPS) is 11.4. The molecule has 0 radical (unpaired) electrons. The van der Waals surface area contributed by atoms with Crippen LogP contribution in [0, 0.1) is 5.82 Å². The Kier molecular flexibility index (Phi) is 7.73. The summed E-state index contributed by atoms with van der Waals surface area (Å²) in [5, 5.41) is 2.50. The Balaban J connectivity index is 1.94. The van der Waals surface area contributed by atoms with Gasteiger partial charge in [0.15, 0.2) is 0 Å². The lowest BCUT2D eigenvalue weighted by atomic mass is 10.1. The van der Waals surface area contributed by atoms with Gasteiger partial charge < -0.3 is 10.1 Å². The fraction of sp³-hybridized carbons (Fsp3) is 0.278. The minimum Gasteiger partial charge on any atom is -0.385 e. The first-order chi connectivity index (χ1) is 12.8. The fourth-order valence-corrected chi connectivity index (χ4v) is 3.49. The summed E-state index contributed by atoms with van der Waals surface area (Å²) >= 11 is 5.63. The molecule has 6 nitrogen and oxygen atoms in total. The lowest BCUT2D eigenvalue weighted by Crippen LogP contribution is -2.25. The van der Waals surface area contributed by atoms with E-state index in [1.807, 2.05) is 0 Å². The molecule has 2 aromatic carbocycles. The molecule has 0 atom stereocenters. The van der Waals surface area contributed by atoms with Crippen LogP contribution in [0.2, 0.25) is 5.02 Å². The van der Waals surface area contributed by atoms with E-state index in [0.29, 0.717) is 24.3 Å². The van der Waals surface area contributed by atoms with Crippen molar-refractivity contribution in [3.05, 3.63) is 64.4 Å². The number of rotatable bonds is 9. The fourth-order valence-electron chi connectivity index (χ4n) is 2.20. The van der Waals surface area contributed by atoms with Crippen molar-refractivity contribution in [2.45, 2.75) is 17.9 Å². The highest BCUT2D eigenvalue weighted by Gasteiger charge is 2.15. The summed E-state index contributed by atoms with van der Waals surface area (Å²) in [6, 6.07) is 9.73. The first kappa shape index (κ1) is 21.3. The van der Waals surface area contributed by atoms with E-state index in [1.165, 1.54) is 0 Å². The quantitative estimate of drug-likeness (QED) is 0.618. The van der Waals surface area contributed by atoms with E-state index in [9.17, 15) is 17.6 Å². The predicted octanol–water partition coefficient (Wildman–Crippen LogP) is 2.72. The summed E-state index contributed by atoms with van der Waals surface area (Å²) in [6.07, 6.45) is 0.718. The van der Waals surface area contributed by atoms with Crippen molar-refractivity contribution in [3.63, 3.8) is 0 Å². The van der Waals surface area contributed by atoms with Gasteiger partial charge in [-0.15, -0.1) is 0 Å². The molecule has 0 aliphatic carbocycles. The van der Waals surface area contributed by atoms with E-state index in [4.69, 9.17) is 16.3 Å². The van der Waals surface area contributed by atoms with Gasteiger partial charge in [-0.1, -0.05) is 23.7 Å². The average molecular weight is 415 g/mol. The predicted molar refractivity (Wildman–Crippen MR) is 101 cm³/mol. The number of amides is 1. The SMILES string of the molecule is COCCCNC(=O)c1ccc(CNS(=O)(=O)c2ccc(F)c(Cl)c2)cc1. The smallest absolute Gasteiger partial charge is 0.251 e. The summed E-state index contributed by atoms with van der Waals surface area (Å²) in [7, 11) is -2.24. The van der Waals surface area contributed by atoms with Gasteiger partial charge in [0.2, 0.25) is 10.0 Å². The largest absolute Gasteiger partial charge is 0.385 e. The molecule has 0 saturated carbocycles. The van der Waals surface area contributed by atoms with Crippen LogP contribution in [0.3, 0.4) is 0 Å². The van der Waals surface area contributed by atoms with Crippen LogP contribution in [-0.2, 0) is 21.3 Å². The van der Waals surface area contributed by atoms with Crippen molar-refractivity contribution < 1.29 is 22.3 Å². The molecule has 2 rings (SSSR count). The molecule has 0 aliphatic rings. The van der Waals surface area contributed by atoms with E-state index in [2.05, 4.69) is 10.0 Å². The standard InChI is InChI=1S/C18H20ClFN2O4S/c1-26-10-2-9-21-18(23)14-5-3-13(4-6-14)12-22-27(24,25)15-7-8-17(20)16(19)11-15/h3-8,11,22H,2,9-10,12H2,1H3,(H,21,23). The molecule has 0 bridgehead atoms. The van der Waals surface area contributed by atoms with Crippen LogP contribution in [0.5, 0.6) is 0 Å². The van der Waals surface area contributed by atoms with E-state index < -0.39 is 15.8 Å². The summed E-state index contributed by atoms with van der Waals surface area (Å²) in [5.74, 6) is -0.897. The van der Waals surface area contributed by atoms with Gasteiger partial charge in [-0.25, -0.2) is 17.5 Å². The molecule has 2 N–H and O–H groups in total. The van der Waals surface area contributed by atoms with E-state index in [0.717, 1.165) is 24.6 Å². The molecule has 0 spiro atoms. The Morgan fingerprint density at radius 3 is 2.52 bits per heavy atom. The Labute approximate surface area is 162 Å². The monoisotopic (exact) mass is 414 g/mol. The number of carbonyl (C=O) groups is 1. The second kappa shape index (κ2) is 9.80. The zero-order valence-corrected chi connectivity index (χ0v) is 16.2. The number of methoxy groups -OCH3 is 1. The molecule has 0 aromatic heterocycles. The number of carbonyl (C=O) groups excluding carboxylic acids is 1. The summed E-state index contributed by atoms with van der Waals surface area (Å²) in [5.41, 5.74) is 1.15. The third kappa shape index (κ3) is 6.28. The molecular formula is C18H20ClFN2O4S. The molecule has 0 fully saturated rings. The lowest BCUT2D eigenvalue weighted by molar-refractivity contribution is 0.0948. The van der Waals surface area contributed by atoms with Gasteiger partial charge >= 0.3 is 0 Å². The zero-order chi connectivity index (χ0) is 19.9. The third-order valence-corrected chi connectivity index (χ3v) is 5.38. The van der Waals surface area contributed by atoms with Gasteiger partial charge in [-0.05, 0) is 42.3 Å². The van der Waals surface area contributed by atoms with Crippen LogP contribution in [0.4, 0.5) is 4.39 Å². The highest BCUT2D eigenvalue weighted by atomic mass is 35.5. The molecule has 1 amide bonds. The molecule has 27 heavy (non-hydrogen) atoms. The Bertz CT molecular complexity index is 889. The maximum Gasteiger partial charge on any atom is 0.251 e. The molecular weight excluding hydrogens is 395 g/mol. The molecule has 0 unspecified atom stereocenters. The average Bonchev–Trinajstić information content (AvgIpc) is 2.66. The van der Waals surface area contributed by atoms with Crippen molar-refractivity contribution in [3.8, 4) is 0 Å². The first-order valence-corrected chi connectivity index (χ1v) is 10.0. The summed E-state index contributed by atoms with van der Waals surface area (Å²) in [6.45, 7) is 1.10. The lowest BCUT2D eigenvalue weighted by Gasteiger charge is -2.09. The molecule has 0 heterocycles. The Hall–Kier alpha value is -2.00. The van der Waals surface area contributed by atoms with E-state index >= 15 is 0 Å². The zero-order valence-electron chi connectivity index (χ0n) is 14.7. The van der Waals surface area contributed by atoms with Crippen molar-refractivity contribution in [2.75, 3.05) is 20.3 Å². The highest BCUT2D eigenvalue weighted by molar-refractivity contribution is 7.89. The van der Waals surface area contributed by atoms with Crippen LogP contribution in [-0.4, -0.2) is 34.6 Å². The Morgan fingerprint density at radius 2 is 1.89 bits per heavy atom. The van der Waals surface area contributed by atoms with Crippen LogP contribution >= 0.6 is 11.6 Å². The van der Waals surface area contributed by atoms with Gasteiger partial charge in [-0.3, -0.25) is 4.79 Å². The molecule has 146 valence electrons. The second-order valence-corrected chi connectivity index (χ2v) is 7.87. The van der Waals surface area contributed by atoms with Crippen molar-refractivity contribution >= 4 is 27.5 Å². The third-order valence-electron chi connectivity index (χ3n) is 3.69. The van der Waals surface area contributed by atoms with Gasteiger partial charge in [0.05, 0.1) is 9.92 Å². The second-order valence-electron chi connectivity index (χ2n) is 5.70. The minimum absolute atomic E-state index is 0.0209. The minimum atomic E-state index is -3.83. The molecule has 0 aliphatic heterocycles. The van der Waals surface area contributed by atoms with Crippen molar-refractivity contribution in [2.24, 2.45) is 0 Å². The summed E-state index contributed by atoms with van der Waals surface area (Å²) < 4.78 is 45.0. The van der Waals surface area contributed by atoms with Gasteiger partial charge in [0, 0.05) is 32.4 Å². The Morgan fingerprint density at radius 1 is 1.19 bits per heavy atom. The van der Waals surface area contributed by atoms with Crippen LogP contribution < -0.4 is 10.0 Å². The molecule has 9 heteroatoms. The maximum absolute atomic E-state index is 13.2. The number of hydrogen-bond donors (Lipinski definition) is 2. The maximum atomic E-state index is 13.2. The number of ether oxygens (including phenoxy) is 1. The van der Waals surface area contributed by atoms with Crippen molar-refractivity contribution in [1.29, 1.82) is 0 Å². The molecule has 0 saturated heterocycles. The first-order valence-electron chi connectivity index (χ1n) is 8.14. The van der Waals surface area contributed by atoms with Gasteiger partial charge in [0.25, 0.3) is 5.91 Å². The van der Waals surface area contributed by atoms with E-state index in [1.54, 1.807) is 31.4 Å². The summed E-state index contributed by atoms with van der Waals surface area (Å²) in [4.78, 5) is 11.8. The number of halogens is 2. The topological polar surface area (TPSA) is 84.5 Å². The van der Waals surface area contributed by atoms with Crippen LogP contribution in [0.25, 0.3) is 0 Å². The molecule has 2 aromatic rings. The van der Waals surface area contributed by atoms with Gasteiger partial charge in [-0.2, -0.15) is 0 Å². The van der Waals surface area contributed by atoms with Gasteiger partial charge in [0.1, 0.15) is 5.82 Å². The van der Waals surface area contributed by atoms with Crippen LogP contribution in [0.1, 0.15) is 22.3 Å². The number of sulfonamides is 1. The van der Waals surface area contributed by atoms with E-state index in [-0.39, 0.29) is 22.4 Å².